The molecule has 2 aromatic heterocycles. The molecule has 0 spiro atoms. The van der Waals surface area contributed by atoms with E-state index in [1.807, 2.05) is 0 Å². The van der Waals surface area contributed by atoms with Crippen LogP contribution >= 0.6 is 11.8 Å². The lowest BCUT2D eigenvalue weighted by Crippen LogP contribution is -2.54. The molecule has 3 heterocycles. The Morgan fingerprint density at radius 1 is 1.27 bits per heavy atom. The van der Waals surface area contributed by atoms with Gasteiger partial charge in [0.25, 0.3) is 11.1 Å². The van der Waals surface area contributed by atoms with Crippen LogP contribution in [0, 0.1) is 0 Å². The molecule has 0 radical (unpaired) electrons. The Labute approximate surface area is 153 Å². The Morgan fingerprint density at radius 2 is 2.12 bits per heavy atom. The van der Waals surface area contributed by atoms with Crippen molar-refractivity contribution in [2.24, 2.45) is 0 Å². The Bertz CT molecular complexity index is 815. The summed E-state index contributed by atoms with van der Waals surface area (Å²) < 4.78 is 10.4. The van der Waals surface area contributed by atoms with Gasteiger partial charge in [-0.1, -0.05) is 29.8 Å². The molecule has 0 bridgehead atoms. The standard InChI is InChI=1S/C17H17N3O5S/c21-15-9-26-17(23)20(15)12-5-2-1-4-10(12)18-16(22)11-8-14(25-19-11)13-6-3-7-24-13/h3,6-8,10,12H,1-2,4-5,9H2,(H,18,22)/t10-,12+/m0/s1. The molecule has 2 aliphatic rings. The average molecular weight is 375 g/mol. The van der Waals surface area contributed by atoms with E-state index in [0.717, 1.165) is 24.6 Å². The highest BCUT2D eigenvalue weighted by atomic mass is 32.2. The first kappa shape index (κ1) is 16.9. The number of amides is 3. The number of imide groups is 1. The first-order valence-corrected chi connectivity index (χ1v) is 9.42. The quantitative estimate of drug-likeness (QED) is 0.875. The maximum Gasteiger partial charge on any atom is 0.289 e. The summed E-state index contributed by atoms with van der Waals surface area (Å²) in [6.07, 6.45) is 4.76. The zero-order valence-corrected chi connectivity index (χ0v) is 14.7. The van der Waals surface area contributed by atoms with Crippen LogP contribution in [-0.2, 0) is 4.79 Å². The maximum atomic E-state index is 12.6. The third-order valence-corrected chi connectivity index (χ3v) is 5.50. The van der Waals surface area contributed by atoms with Crippen molar-refractivity contribution in [2.75, 3.05) is 5.75 Å². The highest BCUT2D eigenvalue weighted by Gasteiger charge is 2.41. The Morgan fingerprint density at radius 3 is 2.85 bits per heavy atom. The van der Waals surface area contributed by atoms with Crippen molar-refractivity contribution < 1.29 is 23.3 Å². The molecular formula is C17H17N3O5S. The molecule has 1 N–H and O–H groups in total. The predicted molar refractivity (Wildman–Crippen MR) is 92.4 cm³/mol. The minimum absolute atomic E-state index is 0.133. The van der Waals surface area contributed by atoms with Gasteiger partial charge >= 0.3 is 0 Å². The van der Waals surface area contributed by atoms with Gasteiger partial charge in [-0.2, -0.15) is 0 Å². The second kappa shape index (κ2) is 6.99. The summed E-state index contributed by atoms with van der Waals surface area (Å²) in [6.45, 7) is 0. The van der Waals surface area contributed by atoms with Crippen LogP contribution in [0.2, 0.25) is 0 Å². The molecule has 1 aliphatic heterocycles. The number of rotatable bonds is 4. The highest BCUT2D eigenvalue weighted by molar-refractivity contribution is 8.14. The zero-order valence-electron chi connectivity index (χ0n) is 13.8. The van der Waals surface area contributed by atoms with Crippen molar-refractivity contribution in [1.82, 2.24) is 15.4 Å². The van der Waals surface area contributed by atoms with E-state index in [1.165, 1.54) is 17.2 Å². The van der Waals surface area contributed by atoms with E-state index in [4.69, 9.17) is 8.94 Å². The van der Waals surface area contributed by atoms with E-state index in [9.17, 15) is 14.4 Å². The molecule has 8 nitrogen and oxygen atoms in total. The highest BCUT2D eigenvalue weighted by Crippen LogP contribution is 2.30. The fourth-order valence-corrected chi connectivity index (χ4v) is 4.20. The number of hydrogen-bond donors (Lipinski definition) is 1. The van der Waals surface area contributed by atoms with Gasteiger partial charge in [0.15, 0.2) is 11.5 Å². The van der Waals surface area contributed by atoms with Crippen LogP contribution in [0.1, 0.15) is 36.2 Å². The molecule has 2 aromatic rings. The number of carbonyl (C=O) groups is 3. The van der Waals surface area contributed by atoms with Gasteiger partial charge < -0.3 is 14.3 Å². The average Bonchev–Trinajstić information content (AvgIpc) is 3.37. The number of aromatic nitrogens is 1. The van der Waals surface area contributed by atoms with Crippen LogP contribution in [0.15, 0.2) is 33.4 Å². The first-order valence-electron chi connectivity index (χ1n) is 8.44. The van der Waals surface area contributed by atoms with E-state index in [0.29, 0.717) is 24.4 Å². The molecule has 1 aliphatic carbocycles. The van der Waals surface area contributed by atoms with Crippen molar-refractivity contribution >= 4 is 28.8 Å². The summed E-state index contributed by atoms with van der Waals surface area (Å²) in [4.78, 5) is 38.0. The molecule has 1 saturated carbocycles. The molecular weight excluding hydrogens is 358 g/mol. The Balaban J connectivity index is 1.48. The van der Waals surface area contributed by atoms with E-state index in [-0.39, 0.29) is 34.7 Å². The molecule has 3 amide bonds. The van der Waals surface area contributed by atoms with Gasteiger partial charge in [-0.25, -0.2) is 0 Å². The normalized spacial score (nSPS) is 23.5. The SMILES string of the molecule is O=C(N[C@H]1CCCC[C@H]1N1C(=O)CSC1=O)c1cc(-c2ccco2)on1. The lowest BCUT2D eigenvalue weighted by atomic mass is 9.89. The minimum Gasteiger partial charge on any atom is -0.461 e. The number of thioether (sulfide) groups is 1. The topological polar surface area (TPSA) is 106 Å². The van der Waals surface area contributed by atoms with Crippen molar-refractivity contribution in [1.29, 1.82) is 0 Å². The van der Waals surface area contributed by atoms with Crippen LogP contribution in [0.5, 0.6) is 0 Å². The van der Waals surface area contributed by atoms with Gasteiger partial charge in [-0.15, -0.1) is 0 Å². The van der Waals surface area contributed by atoms with Gasteiger partial charge in [0.2, 0.25) is 11.7 Å². The van der Waals surface area contributed by atoms with Crippen LogP contribution in [0.3, 0.4) is 0 Å². The number of carbonyl (C=O) groups excluding carboxylic acids is 3. The smallest absolute Gasteiger partial charge is 0.289 e. The fourth-order valence-electron chi connectivity index (χ4n) is 3.43. The van der Waals surface area contributed by atoms with Crippen molar-refractivity contribution in [3.63, 3.8) is 0 Å². The molecule has 0 aromatic carbocycles. The third-order valence-electron chi connectivity index (χ3n) is 4.67. The van der Waals surface area contributed by atoms with E-state index >= 15 is 0 Å². The largest absolute Gasteiger partial charge is 0.461 e. The van der Waals surface area contributed by atoms with Crippen molar-refractivity contribution in [2.45, 2.75) is 37.8 Å². The molecule has 1 saturated heterocycles. The van der Waals surface area contributed by atoms with Crippen LogP contribution in [-0.4, -0.2) is 44.9 Å². The van der Waals surface area contributed by atoms with E-state index in [2.05, 4.69) is 10.5 Å². The monoisotopic (exact) mass is 375 g/mol. The number of hydrogen-bond acceptors (Lipinski definition) is 7. The second-order valence-electron chi connectivity index (χ2n) is 6.30. The minimum atomic E-state index is -0.393. The summed E-state index contributed by atoms with van der Waals surface area (Å²) in [7, 11) is 0. The van der Waals surface area contributed by atoms with E-state index < -0.39 is 5.91 Å². The molecule has 9 heteroatoms. The van der Waals surface area contributed by atoms with Gasteiger partial charge in [0.1, 0.15) is 0 Å². The second-order valence-corrected chi connectivity index (χ2v) is 7.23. The lowest BCUT2D eigenvalue weighted by molar-refractivity contribution is -0.127. The molecule has 0 unspecified atom stereocenters. The molecule has 26 heavy (non-hydrogen) atoms. The molecule has 4 rings (SSSR count). The lowest BCUT2D eigenvalue weighted by Gasteiger charge is -2.36. The van der Waals surface area contributed by atoms with E-state index in [1.54, 1.807) is 12.1 Å². The number of furan rings is 1. The Hall–Kier alpha value is -2.55. The van der Waals surface area contributed by atoms with Crippen molar-refractivity contribution in [3.05, 3.63) is 30.2 Å². The maximum absolute atomic E-state index is 12.6. The van der Waals surface area contributed by atoms with Gasteiger partial charge in [0.05, 0.1) is 24.1 Å². The Kier molecular flexibility index (Phi) is 4.54. The molecule has 2 atom stereocenters. The molecule has 136 valence electrons. The van der Waals surface area contributed by atoms with Crippen LogP contribution < -0.4 is 5.32 Å². The van der Waals surface area contributed by atoms with Gasteiger partial charge in [-0.3, -0.25) is 19.3 Å². The van der Waals surface area contributed by atoms with Gasteiger partial charge in [0, 0.05) is 6.07 Å². The summed E-state index contributed by atoms with van der Waals surface area (Å²) >= 11 is 1.01. The first-order chi connectivity index (χ1) is 12.6. The van der Waals surface area contributed by atoms with Crippen LogP contribution in [0.25, 0.3) is 11.5 Å². The summed E-state index contributed by atoms with van der Waals surface area (Å²) in [6, 6.07) is 4.34. The van der Waals surface area contributed by atoms with Gasteiger partial charge in [-0.05, 0) is 25.0 Å². The summed E-state index contributed by atoms with van der Waals surface area (Å²) in [5.41, 5.74) is 0.133. The zero-order chi connectivity index (χ0) is 18.1. The number of nitrogens with one attached hydrogen (secondary N) is 1. The summed E-state index contributed by atoms with van der Waals surface area (Å²) in [5.74, 6) is 0.438. The van der Waals surface area contributed by atoms with Crippen molar-refractivity contribution in [3.8, 4) is 11.5 Å². The number of nitrogens with zero attached hydrogens (tertiary/aromatic N) is 2. The third kappa shape index (κ3) is 3.14. The predicted octanol–water partition coefficient (Wildman–Crippen LogP) is 2.67. The molecule has 2 fully saturated rings. The van der Waals surface area contributed by atoms with Crippen LogP contribution in [0.4, 0.5) is 4.79 Å². The summed E-state index contributed by atoms with van der Waals surface area (Å²) in [5, 5.41) is 6.47. The fraction of sp³-hybridized carbons (Fsp3) is 0.412.